The first kappa shape index (κ1) is 22.8. The topological polar surface area (TPSA) is 95.4 Å². The summed E-state index contributed by atoms with van der Waals surface area (Å²) in [6, 6.07) is 3.93. The minimum absolute atomic E-state index is 0.174. The summed E-state index contributed by atoms with van der Waals surface area (Å²) >= 11 is 6.03. The van der Waals surface area contributed by atoms with E-state index < -0.39 is 0 Å². The third-order valence-corrected chi connectivity index (χ3v) is 7.29. The maximum atomic E-state index is 9.90. The standard InChI is InChI=1S/C24H33ClN6O2/c25-22-11-19(5-8-26-22)29-24-27-12-21(23(30-24)28-18-1-3-20(32)4-2-18)17-6-9-31(10-7-17)13-16-14-33-15-16/h5,8,11-12,16-18,20,32H,1-4,6-7,9-10,13-15H2,(H2,26,27,28,29,30). The van der Waals surface area contributed by atoms with Crippen molar-refractivity contribution < 1.29 is 9.84 Å². The van der Waals surface area contributed by atoms with Gasteiger partial charge in [0.25, 0.3) is 0 Å². The zero-order chi connectivity index (χ0) is 22.6. The lowest BCUT2D eigenvalue weighted by Gasteiger charge is -2.37. The predicted octanol–water partition coefficient (Wildman–Crippen LogP) is 3.81. The van der Waals surface area contributed by atoms with Crippen LogP contribution in [0.15, 0.2) is 24.5 Å². The molecule has 8 nitrogen and oxygen atoms in total. The quantitative estimate of drug-likeness (QED) is 0.523. The molecule has 4 heterocycles. The molecule has 0 unspecified atom stereocenters. The first-order chi connectivity index (χ1) is 16.1. The van der Waals surface area contributed by atoms with Crippen LogP contribution in [0.1, 0.15) is 50.0 Å². The summed E-state index contributed by atoms with van der Waals surface area (Å²) < 4.78 is 5.34. The Kier molecular flexibility index (Phi) is 7.25. The molecule has 5 rings (SSSR count). The van der Waals surface area contributed by atoms with Crippen molar-refractivity contribution >= 4 is 29.1 Å². The van der Waals surface area contributed by atoms with Crippen LogP contribution in [0.4, 0.5) is 17.5 Å². The number of piperidine rings is 1. The van der Waals surface area contributed by atoms with Crippen molar-refractivity contribution in [1.82, 2.24) is 19.9 Å². The summed E-state index contributed by atoms with van der Waals surface area (Å²) in [5, 5.41) is 17.3. The van der Waals surface area contributed by atoms with E-state index in [1.54, 1.807) is 12.3 Å². The highest BCUT2D eigenvalue weighted by Gasteiger charge is 2.28. The summed E-state index contributed by atoms with van der Waals surface area (Å²) in [6.45, 7) is 5.18. The normalized spacial score (nSPS) is 24.9. The van der Waals surface area contributed by atoms with Gasteiger partial charge in [-0.15, -0.1) is 0 Å². The molecule has 178 valence electrons. The van der Waals surface area contributed by atoms with Gasteiger partial charge in [-0.25, -0.2) is 9.97 Å². The smallest absolute Gasteiger partial charge is 0.229 e. The monoisotopic (exact) mass is 472 g/mol. The van der Waals surface area contributed by atoms with E-state index in [1.165, 1.54) is 5.56 Å². The van der Waals surface area contributed by atoms with Crippen LogP contribution in [0, 0.1) is 5.92 Å². The fourth-order valence-electron chi connectivity index (χ4n) is 5.07. The Morgan fingerprint density at radius 2 is 1.88 bits per heavy atom. The second-order valence-corrected chi connectivity index (χ2v) is 10.0. The largest absolute Gasteiger partial charge is 0.393 e. The molecule has 33 heavy (non-hydrogen) atoms. The van der Waals surface area contributed by atoms with E-state index in [9.17, 15) is 5.11 Å². The Bertz CT molecular complexity index is 927. The number of anilines is 3. The number of likely N-dealkylation sites (tertiary alicyclic amines) is 1. The minimum atomic E-state index is -0.174. The average Bonchev–Trinajstić information content (AvgIpc) is 2.79. The van der Waals surface area contributed by atoms with E-state index in [0.29, 0.717) is 29.0 Å². The molecule has 2 aliphatic heterocycles. The molecule has 2 aromatic heterocycles. The number of nitrogens with one attached hydrogen (secondary N) is 2. The molecular formula is C24H33ClN6O2. The van der Waals surface area contributed by atoms with Crippen LogP contribution in [0.5, 0.6) is 0 Å². The predicted molar refractivity (Wildman–Crippen MR) is 129 cm³/mol. The van der Waals surface area contributed by atoms with Gasteiger partial charge in [0.1, 0.15) is 11.0 Å². The number of aromatic nitrogens is 3. The maximum Gasteiger partial charge on any atom is 0.229 e. The summed E-state index contributed by atoms with van der Waals surface area (Å²) in [7, 11) is 0. The highest BCUT2D eigenvalue weighted by molar-refractivity contribution is 6.29. The second-order valence-electron chi connectivity index (χ2n) is 9.62. The summed E-state index contributed by atoms with van der Waals surface area (Å²) in [5.74, 6) is 2.61. The van der Waals surface area contributed by atoms with Crippen LogP contribution in [-0.4, -0.2) is 70.0 Å². The van der Waals surface area contributed by atoms with Gasteiger partial charge in [0.2, 0.25) is 5.95 Å². The van der Waals surface area contributed by atoms with Crippen molar-refractivity contribution in [3.05, 3.63) is 35.2 Å². The van der Waals surface area contributed by atoms with Crippen molar-refractivity contribution in [2.24, 2.45) is 5.92 Å². The third-order valence-electron chi connectivity index (χ3n) is 7.09. The maximum absolute atomic E-state index is 9.90. The number of rotatable bonds is 7. The van der Waals surface area contributed by atoms with Crippen LogP contribution >= 0.6 is 11.6 Å². The number of aliphatic hydroxyl groups is 1. The molecule has 0 bridgehead atoms. The van der Waals surface area contributed by atoms with Crippen LogP contribution in [0.2, 0.25) is 5.15 Å². The Balaban J connectivity index is 1.30. The molecule has 0 amide bonds. The average molecular weight is 473 g/mol. The lowest BCUT2D eigenvalue weighted by Crippen LogP contribution is -2.42. The fourth-order valence-corrected chi connectivity index (χ4v) is 5.24. The number of hydrogen-bond acceptors (Lipinski definition) is 8. The number of pyridine rings is 1. The minimum Gasteiger partial charge on any atom is -0.393 e. The zero-order valence-corrected chi connectivity index (χ0v) is 19.7. The zero-order valence-electron chi connectivity index (χ0n) is 18.9. The molecule has 3 N–H and O–H groups in total. The molecule has 3 fully saturated rings. The van der Waals surface area contributed by atoms with Crippen molar-refractivity contribution in [2.45, 2.75) is 56.6 Å². The number of hydrogen-bond donors (Lipinski definition) is 3. The Morgan fingerprint density at radius 1 is 1.09 bits per heavy atom. The third kappa shape index (κ3) is 5.93. The molecule has 2 aromatic rings. The number of halogens is 1. The highest BCUT2D eigenvalue weighted by atomic mass is 35.5. The van der Waals surface area contributed by atoms with Crippen molar-refractivity contribution in [2.75, 3.05) is 43.5 Å². The Labute approximate surface area is 200 Å². The molecule has 1 aliphatic carbocycles. The first-order valence-corrected chi connectivity index (χ1v) is 12.5. The fraction of sp³-hybridized carbons (Fsp3) is 0.625. The van der Waals surface area contributed by atoms with Gasteiger partial charge in [-0.2, -0.15) is 4.98 Å². The molecule has 0 aromatic carbocycles. The van der Waals surface area contributed by atoms with Crippen molar-refractivity contribution in [1.29, 1.82) is 0 Å². The lowest BCUT2D eigenvalue weighted by molar-refractivity contribution is -0.0487. The van der Waals surface area contributed by atoms with Crippen molar-refractivity contribution in [3.8, 4) is 0 Å². The van der Waals surface area contributed by atoms with Gasteiger partial charge in [-0.1, -0.05) is 11.6 Å². The molecule has 0 radical (unpaired) electrons. The highest BCUT2D eigenvalue weighted by Crippen LogP contribution is 2.34. The van der Waals surface area contributed by atoms with Crippen LogP contribution in [0.25, 0.3) is 0 Å². The van der Waals surface area contributed by atoms with Gasteiger partial charge in [0, 0.05) is 42.1 Å². The molecular weight excluding hydrogens is 440 g/mol. The van der Waals surface area contributed by atoms with Gasteiger partial charge < -0.3 is 25.4 Å². The lowest BCUT2D eigenvalue weighted by atomic mass is 9.89. The molecule has 1 saturated carbocycles. The van der Waals surface area contributed by atoms with Gasteiger partial charge >= 0.3 is 0 Å². The van der Waals surface area contributed by atoms with Gasteiger partial charge in [-0.05, 0) is 69.7 Å². The molecule has 0 atom stereocenters. The first-order valence-electron chi connectivity index (χ1n) is 12.1. The van der Waals surface area contributed by atoms with Crippen LogP contribution in [0.3, 0.4) is 0 Å². The van der Waals surface area contributed by atoms with E-state index in [2.05, 4.69) is 25.5 Å². The molecule has 3 aliphatic rings. The number of aliphatic hydroxyl groups excluding tert-OH is 1. The number of nitrogens with zero attached hydrogens (tertiary/aromatic N) is 4. The van der Waals surface area contributed by atoms with Gasteiger partial charge in [0.15, 0.2) is 0 Å². The SMILES string of the molecule is OC1CCC(Nc2nc(Nc3ccnc(Cl)c3)ncc2C2CCN(CC3COC3)CC2)CC1. The molecule has 9 heteroatoms. The summed E-state index contributed by atoms with van der Waals surface area (Å²) in [4.78, 5) is 16.1. The van der Waals surface area contributed by atoms with Gasteiger partial charge in [-0.3, -0.25) is 0 Å². The van der Waals surface area contributed by atoms with Crippen molar-refractivity contribution in [3.63, 3.8) is 0 Å². The second kappa shape index (κ2) is 10.5. The van der Waals surface area contributed by atoms with E-state index in [-0.39, 0.29) is 6.10 Å². The summed E-state index contributed by atoms with van der Waals surface area (Å²) in [6.07, 6.45) is 9.28. The van der Waals surface area contributed by atoms with E-state index in [4.69, 9.17) is 21.3 Å². The molecule has 0 spiro atoms. The molecule has 2 saturated heterocycles. The van der Waals surface area contributed by atoms with Crippen LogP contribution in [-0.2, 0) is 4.74 Å². The Morgan fingerprint density at radius 3 is 2.58 bits per heavy atom. The number of ether oxygens (including phenoxy) is 1. The van der Waals surface area contributed by atoms with E-state index in [0.717, 1.165) is 82.9 Å². The van der Waals surface area contributed by atoms with Gasteiger partial charge in [0.05, 0.1) is 19.3 Å². The van der Waals surface area contributed by atoms with Crippen LogP contribution < -0.4 is 10.6 Å². The Hall–Kier alpha value is -2.00. The van der Waals surface area contributed by atoms with E-state index in [1.807, 2.05) is 12.3 Å². The summed E-state index contributed by atoms with van der Waals surface area (Å²) in [5.41, 5.74) is 2.01. The van der Waals surface area contributed by atoms with E-state index >= 15 is 0 Å².